The van der Waals surface area contributed by atoms with Crippen molar-refractivity contribution < 1.29 is 13.2 Å². The molecule has 0 spiro atoms. The molecule has 1 saturated heterocycles. The fourth-order valence-electron chi connectivity index (χ4n) is 2.71. The SMILES string of the molecule is Cc1ccc(CNS(=O)(=O)c2c[nH]c(C(=O)N3CCCC3)c2)cc1. The van der Waals surface area contributed by atoms with Gasteiger partial charge in [-0.25, -0.2) is 13.1 Å². The average molecular weight is 347 g/mol. The molecule has 1 aromatic heterocycles. The molecule has 1 aliphatic rings. The van der Waals surface area contributed by atoms with Gasteiger partial charge < -0.3 is 9.88 Å². The monoisotopic (exact) mass is 347 g/mol. The van der Waals surface area contributed by atoms with Gasteiger partial charge >= 0.3 is 0 Å². The molecule has 0 radical (unpaired) electrons. The zero-order valence-electron chi connectivity index (χ0n) is 13.6. The van der Waals surface area contributed by atoms with Crippen molar-refractivity contribution in [1.82, 2.24) is 14.6 Å². The first kappa shape index (κ1) is 16.7. The van der Waals surface area contributed by atoms with Crippen molar-refractivity contribution in [3.8, 4) is 0 Å². The summed E-state index contributed by atoms with van der Waals surface area (Å²) in [7, 11) is -3.66. The summed E-state index contributed by atoms with van der Waals surface area (Å²) in [6, 6.07) is 9.05. The molecule has 2 N–H and O–H groups in total. The normalized spacial score (nSPS) is 15.0. The Bertz CT molecular complexity index is 819. The number of amides is 1. The van der Waals surface area contributed by atoms with Gasteiger partial charge in [0.2, 0.25) is 10.0 Å². The minimum atomic E-state index is -3.66. The Labute approximate surface area is 141 Å². The predicted molar refractivity (Wildman–Crippen MR) is 91.1 cm³/mol. The van der Waals surface area contributed by atoms with Crippen molar-refractivity contribution in [2.45, 2.75) is 31.2 Å². The van der Waals surface area contributed by atoms with Crippen LogP contribution in [0.2, 0.25) is 0 Å². The third kappa shape index (κ3) is 3.68. The highest BCUT2D eigenvalue weighted by Gasteiger charge is 2.23. The number of carbonyl (C=O) groups is 1. The Hall–Kier alpha value is -2.12. The minimum absolute atomic E-state index is 0.0807. The summed E-state index contributed by atoms with van der Waals surface area (Å²) in [6.07, 6.45) is 3.35. The Balaban J connectivity index is 1.68. The third-order valence-corrected chi connectivity index (χ3v) is 5.56. The van der Waals surface area contributed by atoms with Crippen LogP contribution in [0.1, 0.15) is 34.5 Å². The van der Waals surface area contributed by atoms with Crippen molar-refractivity contribution >= 4 is 15.9 Å². The van der Waals surface area contributed by atoms with E-state index in [2.05, 4.69) is 9.71 Å². The zero-order chi connectivity index (χ0) is 17.2. The zero-order valence-corrected chi connectivity index (χ0v) is 14.4. The predicted octanol–water partition coefficient (Wildman–Crippen LogP) is 2.04. The number of nitrogens with zero attached hydrogens (tertiary/aromatic N) is 1. The van der Waals surface area contributed by atoms with Crippen LogP contribution in [0.25, 0.3) is 0 Å². The molecule has 2 heterocycles. The van der Waals surface area contributed by atoms with Gasteiger partial charge in [-0.2, -0.15) is 0 Å². The number of likely N-dealkylation sites (tertiary alicyclic amines) is 1. The quantitative estimate of drug-likeness (QED) is 0.868. The van der Waals surface area contributed by atoms with Crippen LogP contribution in [-0.4, -0.2) is 37.3 Å². The highest BCUT2D eigenvalue weighted by molar-refractivity contribution is 7.89. The number of H-pyrrole nitrogens is 1. The molecule has 2 aromatic rings. The van der Waals surface area contributed by atoms with Gasteiger partial charge in [-0.1, -0.05) is 29.8 Å². The number of nitrogens with one attached hydrogen (secondary N) is 2. The van der Waals surface area contributed by atoms with Crippen molar-refractivity contribution in [3.05, 3.63) is 53.3 Å². The molecule has 128 valence electrons. The van der Waals surface area contributed by atoms with E-state index in [1.165, 1.54) is 12.3 Å². The third-order valence-electron chi connectivity index (χ3n) is 4.18. The highest BCUT2D eigenvalue weighted by Crippen LogP contribution is 2.16. The van der Waals surface area contributed by atoms with Gasteiger partial charge in [-0.05, 0) is 31.4 Å². The first-order valence-corrected chi connectivity index (χ1v) is 9.47. The molecule has 1 aliphatic heterocycles. The van der Waals surface area contributed by atoms with Crippen molar-refractivity contribution in [1.29, 1.82) is 0 Å². The number of hydrogen-bond acceptors (Lipinski definition) is 3. The Kier molecular flexibility index (Phi) is 4.73. The summed E-state index contributed by atoms with van der Waals surface area (Å²) in [5, 5.41) is 0. The standard InChI is InChI=1S/C17H21N3O3S/c1-13-4-6-14(7-5-13)11-19-24(22,23)15-10-16(18-12-15)17(21)20-8-2-3-9-20/h4-7,10,12,18-19H,2-3,8-9,11H2,1H3. The van der Waals surface area contributed by atoms with E-state index in [1.54, 1.807) is 4.90 Å². The van der Waals surface area contributed by atoms with Gasteiger partial charge in [0.15, 0.2) is 0 Å². The number of benzene rings is 1. The number of carbonyl (C=O) groups excluding carboxylic acids is 1. The van der Waals surface area contributed by atoms with Crippen LogP contribution in [0.4, 0.5) is 0 Å². The van der Waals surface area contributed by atoms with E-state index in [9.17, 15) is 13.2 Å². The molecule has 1 aromatic carbocycles. The van der Waals surface area contributed by atoms with E-state index >= 15 is 0 Å². The molecule has 24 heavy (non-hydrogen) atoms. The van der Waals surface area contributed by atoms with Crippen LogP contribution in [0.5, 0.6) is 0 Å². The van der Waals surface area contributed by atoms with Crippen LogP contribution in [-0.2, 0) is 16.6 Å². The number of rotatable bonds is 5. The maximum atomic E-state index is 12.4. The van der Waals surface area contributed by atoms with Gasteiger partial charge in [0.05, 0.1) is 0 Å². The molecule has 0 saturated carbocycles. The molecule has 1 fully saturated rings. The molecule has 7 heteroatoms. The topological polar surface area (TPSA) is 82.3 Å². The van der Waals surface area contributed by atoms with Crippen LogP contribution < -0.4 is 4.72 Å². The van der Waals surface area contributed by atoms with Crippen LogP contribution in [0.3, 0.4) is 0 Å². The molecule has 6 nitrogen and oxygen atoms in total. The van der Waals surface area contributed by atoms with E-state index in [4.69, 9.17) is 0 Å². The lowest BCUT2D eigenvalue weighted by atomic mass is 10.2. The van der Waals surface area contributed by atoms with Crippen LogP contribution in [0, 0.1) is 6.92 Å². The summed E-state index contributed by atoms with van der Waals surface area (Å²) >= 11 is 0. The van der Waals surface area contributed by atoms with Crippen molar-refractivity contribution in [2.75, 3.05) is 13.1 Å². The van der Waals surface area contributed by atoms with Gasteiger partial charge in [0.25, 0.3) is 5.91 Å². The molecule has 0 unspecified atom stereocenters. The molecule has 0 bridgehead atoms. The number of hydrogen-bond donors (Lipinski definition) is 2. The van der Waals surface area contributed by atoms with Gasteiger partial charge in [-0.15, -0.1) is 0 Å². The van der Waals surface area contributed by atoms with Crippen molar-refractivity contribution in [2.24, 2.45) is 0 Å². The molecule has 1 amide bonds. The molecule has 3 rings (SSSR count). The molecule has 0 atom stereocenters. The number of aromatic amines is 1. The summed E-state index contributed by atoms with van der Waals surface area (Å²) in [5.41, 5.74) is 2.32. The maximum absolute atomic E-state index is 12.4. The fourth-order valence-corrected chi connectivity index (χ4v) is 3.72. The lowest BCUT2D eigenvalue weighted by molar-refractivity contribution is 0.0787. The Morgan fingerprint density at radius 2 is 1.88 bits per heavy atom. The summed E-state index contributed by atoms with van der Waals surface area (Å²) < 4.78 is 27.3. The number of aryl methyl sites for hydroxylation is 1. The number of sulfonamides is 1. The summed E-state index contributed by atoms with van der Waals surface area (Å²) in [4.78, 5) is 16.9. The van der Waals surface area contributed by atoms with E-state index in [0.717, 1.165) is 37.1 Å². The maximum Gasteiger partial charge on any atom is 0.270 e. The minimum Gasteiger partial charge on any atom is -0.356 e. The van der Waals surface area contributed by atoms with Crippen molar-refractivity contribution in [3.63, 3.8) is 0 Å². The second-order valence-corrected chi connectivity index (χ2v) is 7.83. The van der Waals surface area contributed by atoms with Gasteiger partial charge in [-0.3, -0.25) is 4.79 Å². The molecular formula is C17H21N3O3S. The Morgan fingerprint density at radius 3 is 2.54 bits per heavy atom. The van der Waals surface area contributed by atoms with E-state index in [0.29, 0.717) is 5.69 Å². The summed E-state index contributed by atoms with van der Waals surface area (Å²) in [6.45, 7) is 3.65. The highest BCUT2D eigenvalue weighted by atomic mass is 32.2. The lowest BCUT2D eigenvalue weighted by Crippen LogP contribution is -2.27. The smallest absolute Gasteiger partial charge is 0.270 e. The molecular weight excluding hydrogens is 326 g/mol. The Morgan fingerprint density at radius 1 is 1.21 bits per heavy atom. The second kappa shape index (κ2) is 6.78. The first-order valence-electron chi connectivity index (χ1n) is 7.98. The van der Waals surface area contributed by atoms with Gasteiger partial charge in [0.1, 0.15) is 10.6 Å². The first-order chi connectivity index (χ1) is 11.5. The second-order valence-electron chi connectivity index (χ2n) is 6.06. The van der Waals surface area contributed by atoms with Crippen LogP contribution in [0.15, 0.2) is 41.4 Å². The van der Waals surface area contributed by atoms with E-state index < -0.39 is 10.0 Å². The van der Waals surface area contributed by atoms with Crippen LogP contribution >= 0.6 is 0 Å². The van der Waals surface area contributed by atoms with E-state index in [-0.39, 0.29) is 17.3 Å². The van der Waals surface area contributed by atoms with Gasteiger partial charge in [0, 0.05) is 25.8 Å². The summed E-state index contributed by atoms with van der Waals surface area (Å²) in [5.74, 6) is -0.146. The lowest BCUT2D eigenvalue weighted by Gasteiger charge is -2.13. The molecule has 0 aliphatic carbocycles. The van der Waals surface area contributed by atoms with E-state index in [1.807, 2.05) is 31.2 Å². The largest absolute Gasteiger partial charge is 0.356 e. The average Bonchev–Trinajstić information content (AvgIpc) is 3.25. The number of aromatic nitrogens is 1. The fraction of sp³-hybridized carbons (Fsp3) is 0.353.